The topological polar surface area (TPSA) is 12.0 Å². The van der Waals surface area contributed by atoms with E-state index < -0.39 is 0 Å². The van der Waals surface area contributed by atoms with Gasteiger partial charge in [-0.05, 0) is 44.4 Å². The fourth-order valence-electron chi connectivity index (χ4n) is 1.44. The molecular weight excluding hydrogens is 189 g/mol. The van der Waals surface area contributed by atoms with E-state index in [9.17, 15) is 4.39 Å². The lowest BCUT2D eigenvalue weighted by Crippen LogP contribution is -2.15. The lowest BCUT2D eigenvalue weighted by Gasteiger charge is -2.15. The van der Waals surface area contributed by atoms with E-state index in [2.05, 4.69) is 11.9 Å². The van der Waals surface area contributed by atoms with Crippen LogP contribution in [0.2, 0.25) is 0 Å². The van der Waals surface area contributed by atoms with Crippen molar-refractivity contribution in [2.24, 2.45) is 0 Å². The van der Waals surface area contributed by atoms with Gasteiger partial charge in [-0.15, -0.1) is 6.58 Å². The molecule has 0 heterocycles. The highest BCUT2D eigenvalue weighted by molar-refractivity contribution is 5.46. The Balaban J connectivity index is 2.59. The Kier molecular flexibility index (Phi) is 4.35. The first-order valence-electron chi connectivity index (χ1n) is 5.27. The van der Waals surface area contributed by atoms with Gasteiger partial charge in [-0.25, -0.2) is 4.39 Å². The molecule has 0 saturated carbocycles. The number of aryl methyl sites for hydroxylation is 1. The molecular formula is C13H18FN. The van der Waals surface area contributed by atoms with Crippen molar-refractivity contribution in [2.75, 3.05) is 5.32 Å². The normalized spacial score (nSPS) is 12.2. The quantitative estimate of drug-likeness (QED) is 0.722. The summed E-state index contributed by atoms with van der Waals surface area (Å²) >= 11 is 0. The predicted octanol–water partition coefficient (Wildman–Crippen LogP) is 3.90. The van der Waals surface area contributed by atoms with Crippen LogP contribution in [0.1, 0.15) is 25.3 Å². The summed E-state index contributed by atoms with van der Waals surface area (Å²) in [6.45, 7) is 7.59. The van der Waals surface area contributed by atoms with Crippen molar-refractivity contribution < 1.29 is 4.39 Å². The molecule has 0 aliphatic carbocycles. The van der Waals surface area contributed by atoms with Crippen LogP contribution in [0.5, 0.6) is 0 Å². The first-order chi connectivity index (χ1) is 7.13. The molecule has 0 saturated heterocycles. The fraction of sp³-hybridized carbons (Fsp3) is 0.385. The Morgan fingerprint density at radius 2 is 2.27 bits per heavy atom. The third-order valence-corrected chi connectivity index (χ3v) is 2.33. The second-order valence-corrected chi connectivity index (χ2v) is 3.89. The van der Waals surface area contributed by atoms with Crippen LogP contribution in [0.25, 0.3) is 0 Å². The largest absolute Gasteiger partial charge is 0.380 e. The van der Waals surface area contributed by atoms with Crippen LogP contribution < -0.4 is 5.32 Å². The van der Waals surface area contributed by atoms with Gasteiger partial charge in [0, 0.05) is 6.04 Å². The maximum Gasteiger partial charge on any atom is 0.146 e. The third kappa shape index (κ3) is 3.74. The van der Waals surface area contributed by atoms with E-state index in [1.807, 2.05) is 26.0 Å². The number of hydrogen-bond acceptors (Lipinski definition) is 1. The van der Waals surface area contributed by atoms with Crippen LogP contribution in [0.3, 0.4) is 0 Å². The van der Waals surface area contributed by atoms with E-state index in [4.69, 9.17) is 0 Å². The molecule has 1 atom stereocenters. The molecule has 2 heteroatoms. The van der Waals surface area contributed by atoms with E-state index in [-0.39, 0.29) is 11.9 Å². The SMILES string of the molecule is C=CCCC(C)Nc1ccc(C)cc1F. The molecule has 0 aliphatic heterocycles. The van der Waals surface area contributed by atoms with Gasteiger partial charge in [0.05, 0.1) is 5.69 Å². The summed E-state index contributed by atoms with van der Waals surface area (Å²) in [4.78, 5) is 0. The minimum absolute atomic E-state index is 0.180. The fourth-order valence-corrected chi connectivity index (χ4v) is 1.44. The first kappa shape index (κ1) is 11.8. The van der Waals surface area contributed by atoms with Crippen molar-refractivity contribution in [1.29, 1.82) is 0 Å². The second-order valence-electron chi connectivity index (χ2n) is 3.89. The maximum atomic E-state index is 13.5. The Morgan fingerprint density at radius 3 is 2.87 bits per heavy atom. The zero-order valence-corrected chi connectivity index (χ0v) is 9.39. The Bertz CT molecular complexity index is 333. The minimum Gasteiger partial charge on any atom is -0.380 e. The maximum absolute atomic E-state index is 13.5. The molecule has 1 N–H and O–H groups in total. The van der Waals surface area contributed by atoms with E-state index in [1.165, 1.54) is 0 Å². The molecule has 82 valence electrons. The monoisotopic (exact) mass is 207 g/mol. The number of halogens is 1. The van der Waals surface area contributed by atoms with Crippen LogP contribution >= 0.6 is 0 Å². The molecule has 1 nitrogen and oxygen atoms in total. The summed E-state index contributed by atoms with van der Waals surface area (Å²) in [5.74, 6) is -0.180. The van der Waals surface area contributed by atoms with Gasteiger partial charge in [-0.3, -0.25) is 0 Å². The number of hydrogen-bond donors (Lipinski definition) is 1. The third-order valence-electron chi connectivity index (χ3n) is 2.33. The molecule has 0 spiro atoms. The van der Waals surface area contributed by atoms with Gasteiger partial charge < -0.3 is 5.32 Å². The molecule has 1 aromatic carbocycles. The average Bonchev–Trinajstić information content (AvgIpc) is 2.19. The van der Waals surface area contributed by atoms with Gasteiger partial charge in [0.25, 0.3) is 0 Å². The predicted molar refractivity (Wildman–Crippen MR) is 63.7 cm³/mol. The highest BCUT2D eigenvalue weighted by Gasteiger charge is 2.05. The van der Waals surface area contributed by atoms with E-state index in [1.54, 1.807) is 12.1 Å². The molecule has 0 bridgehead atoms. The van der Waals surface area contributed by atoms with Crippen LogP contribution in [0, 0.1) is 12.7 Å². The summed E-state index contributed by atoms with van der Waals surface area (Å²) in [5.41, 5.74) is 1.52. The van der Waals surface area contributed by atoms with Gasteiger partial charge in [-0.2, -0.15) is 0 Å². The van der Waals surface area contributed by atoms with Crippen LogP contribution in [-0.2, 0) is 0 Å². The molecule has 0 aliphatic rings. The van der Waals surface area contributed by atoms with Crippen molar-refractivity contribution in [3.63, 3.8) is 0 Å². The van der Waals surface area contributed by atoms with Crippen molar-refractivity contribution >= 4 is 5.69 Å². The number of anilines is 1. The molecule has 0 fully saturated rings. The van der Waals surface area contributed by atoms with Crippen LogP contribution in [-0.4, -0.2) is 6.04 Å². The molecule has 0 radical (unpaired) electrons. The lowest BCUT2D eigenvalue weighted by atomic mass is 10.1. The molecule has 1 aromatic rings. The number of benzene rings is 1. The summed E-state index contributed by atoms with van der Waals surface area (Å²) < 4.78 is 13.5. The van der Waals surface area contributed by atoms with Gasteiger partial charge in [0.15, 0.2) is 0 Å². The molecule has 0 aromatic heterocycles. The smallest absolute Gasteiger partial charge is 0.146 e. The highest BCUT2D eigenvalue weighted by atomic mass is 19.1. The minimum atomic E-state index is -0.180. The van der Waals surface area contributed by atoms with Crippen molar-refractivity contribution in [2.45, 2.75) is 32.7 Å². The van der Waals surface area contributed by atoms with Crippen molar-refractivity contribution in [3.8, 4) is 0 Å². The molecule has 1 unspecified atom stereocenters. The summed E-state index contributed by atoms with van der Waals surface area (Å²) in [6.07, 6.45) is 3.79. The Hall–Kier alpha value is -1.31. The first-order valence-corrected chi connectivity index (χ1v) is 5.27. The summed E-state index contributed by atoms with van der Waals surface area (Å²) in [6, 6.07) is 5.50. The molecule has 15 heavy (non-hydrogen) atoms. The van der Waals surface area contributed by atoms with Gasteiger partial charge in [0.2, 0.25) is 0 Å². The second kappa shape index (κ2) is 5.54. The van der Waals surface area contributed by atoms with Gasteiger partial charge in [0.1, 0.15) is 5.82 Å². The van der Waals surface area contributed by atoms with Gasteiger partial charge >= 0.3 is 0 Å². The van der Waals surface area contributed by atoms with Crippen molar-refractivity contribution in [3.05, 3.63) is 42.2 Å². The van der Waals surface area contributed by atoms with Crippen molar-refractivity contribution in [1.82, 2.24) is 0 Å². The Labute approximate surface area is 91.0 Å². The zero-order valence-electron chi connectivity index (χ0n) is 9.39. The molecule has 1 rings (SSSR count). The van der Waals surface area contributed by atoms with Gasteiger partial charge in [-0.1, -0.05) is 12.1 Å². The Morgan fingerprint density at radius 1 is 1.53 bits per heavy atom. The number of nitrogens with one attached hydrogen (secondary N) is 1. The molecule has 0 amide bonds. The van der Waals surface area contributed by atoms with E-state index >= 15 is 0 Å². The van der Waals surface area contributed by atoms with E-state index in [0.29, 0.717) is 5.69 Å². The summed E-state index contributed by atoms with van der Waals surface area (Å²) in [5, 5.41) is 3.15. The summed E-state index contributed by atoms with van der Waals surface area (Å²) in [7, 11) is 0. The number of allylic oxidation sites excluding steroid dienone is 1. The van der Waals surface area contributed by atoms with E-state index in [0.717, 1.165) is 18.4 Å². The highest BCUT2D eigenvalue weighted by Crippen LogP contribution is 2.17. The lowest BCUT2D eigenvalue weighted by molar-refractivity contribution is 0.621. The van der Waals surface area contributed by atoms with Crippen LogP contribution in [0.15, 0.2) is 30.9 Å². The van der Waals surface area contributed by atoms with Crippen LogP contribution in [0.4, 0.5) is 10.1 Å². The standard InChI is InChI=1S/C13H18FN/c1-4-5-6-11(3)15-13-8-7-10(2)9-12(13)14/h4,7-9,11,15H,1,5-6H2,2-3H3. The number of rotatable bonds is 5. The zero-order chi connectivity index (χ0) is 11.3. The average molecular weight is 207 g/mol.